The van der Waals surface area contributed by atoms with E-state index in [0.717, 1.165) is 31.9 Å². The van der Waals surface area contributed by atoms with Crippen LogP contribution in [-0.2, 0) is 11.2 Å². The minimum absolute atomic E-state index is 0.157. The summed E-state index contributed by atoms with van der Waals surface area (Å²) in [6.45, 7) is 4.87. The quantitative estimate of drug-likeness (QED) is 0.216. The van der Waals surface area contributed by atoms with Crippen molar-refractivity contribution in [2.45, 2.75) is 51.0 Å². The normalized spacial score (nSPS) is 16.2. The summed E-state index contributed by atoms with van der Waals surface area (Å²) >= 11 is 13.0. The van der Waals surface area contributed by atoms with Crippen LogP contribution < -0.4 is 10.6 Å². The van der Waals surface area contributed by atoms with Crippen molar-refractivity contribution in [2.24, 2.45) is 5.73 Å². The average molecular weight is 601 g/mol. The molecule has 0 bridgehead atoms. The molecule has 6 heteroatoms. The van der Waals surface area contributed by atoms with Gasteiger partial charge in [0.2, 0.25) is 6.41 Å². The molecule has 218 valence electrons. The van der Waals surface area contributed by atoms with Gasteiger partial charge in [-0.3, -0.25) is 9.69 Å². The molecule has 1 atom stereocenters. The minimum atomic E-state index is 0.157. The summed E-state index contributed by atoms with van der Waals surface area (Å²) in [5, 5.41) is 1.24. The van der Waals surface area contributed by atoms with Crippen molar-refractivity contribution < 1.29 is 4.79 Å². The second kappa shape index (κ2) is 14.2. The van der Waals surface area contributed by atoms with Gasteiger partial charge < -0.3 is 10.6 Å². The second-order valence-corrected chi connectivity index (χ2v) is 11.9. The third kappa shape index (κ3) is 6.83. The first-order valence-corrected chi connectivity index (χ1v) is 15.7. The molecule has 2 aliphatic rings. The van der Waals surface area contributed by atoms with Crippen molar-refractivity contribution in [3.8, 4) is 11.1 Å². The Morgan fingerprint density at radius 3 is 2.24 bits per heavy atom. The Morgan fingerprint density at radius 1 is 0.857 bits per heavy atom. The lowest BCUT2D eigenvalue weighted by atomic mass is 9.90. The zero-order chi connectivity index (χ0) is 29.5. The van der Waals surface area contributed by atoms with Crippen LogP contribution in [0.15, 0.2) is 91.0 Å². The molecule has 2 N–H and O–H groups in total. The fourth-order valence-corrected chi connectivity index (χ4v) is 6.85. The van der Waals surface area contributed by atoms with Crippen molar-refractivity contribution in [1.29, 1.82) is 0 Å². The third-order valence-electron chi connectivity index (χ3n) is 8.60. The van der Waals surface area contributed by atoms with E-state index in [-0.39, 0.29) is 12.5 Å². The fraction of sp³-hybridized carbons (Fsp3) is 0.306. The summed E-state index contributed by atoms with van der Waals surface area (Å²) in [5.74, 6) is 0.689. The van der Waals surface area contributed by atoms with E-state index >= 15 is 0 Å². The fourth-order valence-electron chi connectivity index (χ4n) is 6.43. The predicted molar refractivity (Wildman–Crippen MR) is 176 cm³/mol. The van der Waals surface area contributed by atoms with Gasteiger partial charge in [-0.25, -0.2) is 0 Å². The maximum Gasteiger partial charge on any atom is 0.204 e. The molecule has 1 saturated heterocycles. The van der Waals surface area contributed by atoms with Crippen LogP contribution in [0.4, 0.5) is 5.69 Å². The van der Waals surface area contributed by atoms with E-state index in [4.69, 9.17) is 28.0 Å². The summed E-state index contributed by atoms with van der Waals surface area (Å²) in [6, 6.07) is 33.6. The molecule has 1 amide bonds. The third-order valence-corrected chi connectivity index (χ3v) is 9.41. The molecule has 6 rings (SSSR count). The standard InChI is InChI=1S/C35H36Cl2N2.CH3NO/c1-2-25-16-18-27(19-17-25)29-11-6-13-31(23-29)35(30-12-5-10-28(22-30)26-8-3-4-9-26)39-21-20-38(24-39)33-15-7-14-32(36)34(33)37;2-1-3/h5-7,10-19,22-23,26,35H,2-4,8-9,20-21,24H2,1H3;1H,(H2,2,3). The Hall–Kier alpha value is -3.31. The molecule has 4 aromatic carbocycles. The molecular formula is C36H39Cl2N3O. The average Bonchev–Trinajstić information content (AvgIpc) is 3.73. The number of primary amides is 1. The Labute approximate surface area is 260 Å². The van der Waals surface area contributed by atoms with E-state index in [2.05, 4.69) is 101 Å². The number of anilines is 1. The van der Waals surface area contributed by atoms with E-state index in [1.54, 1.807) is 0 Å². The Balaban J connectivity index is 0.00000113. The molecule has 1 aliphatic carbocycles. The highest BCUT2D eigenvalue weighted by Gasteiger charge is 2.31. The van der Waals surface area contributed by atoms with Gasteiger partial charge in [-0.2, -0.15) is 0 Å². The molecule has 1 unspecified atom stereocenters. The number of amides is 1. The SMILES string of the molecule is CCc1ccc(-c2cccc(C(c3cccc(C4CCCC4)c3)N3CCN(c4cccc(Cl)c4Cl)C3)c2)cc1.NC=O. The predicted octanol–water partition coefficient (Wildman–Crippen LogP) is 8.85. The van der Waals surface area contributed by atoms with Crippen LogP contribution in [0.2, 0.25) is 10.0 Å². The summed E-state index contributed by atoms with van der Waals surface area (Å²) in [4.78, 5) is 13.5. The molecule has 0 radical (unpaired) electrons. The first kappa shape index (κ1) is 30.2. The smallest absolute Gasteiger partial charge is 0.204 e. The molecule has 1 heterocycles. The highest BCUT2D eigenvalue weighted by molar-refractivity contribution is 6.43. The lowest BCUT2D eigenvalue weighted by Crippen LogP contribution is -2.30. The molecule has 0 spiro atoms. The van der Waals surface area contributed by atoms with Gasteiger partial charge in [-0.05, 0) is 76.8 Å². The number of carbonyl (C=O) groups is 1. The Morgan fingerprint density at radius 2 is 1.52 bits per heavy atom. The van der Waals surface area contributed by atoms with Gasteiger partial charge in [0.1, 0.15) is 0 Å². The lowest BCUT2D eigenvalue weighted by Gasteiger charge is -2.30. The van der Waals surface area contributed by atoms with E-state index in [1.807, 2.05) is 12.1 Å². The van der Waals surface area contributed by atoms with Crippen molar-refractivity contribution in [2.75, 3.05) is 24.7 Å². The van der Waals surface area contributed by atoms with Crippen LogP contribution in [-0.4, -0.2) is 31.1 Å². The van der Waals surface area contributed by atoms with Crippen LogP contribution in [0.25, 0.3) is 11.1 Å². The summed E-state index contributed by atoms with van der Waals surface area (Å²) in [5.41, 5.74) is 13.3. The van der Waals surface area contributed by atoms with Gasteiger partial charge in [-0.15, -0.1) is 0 Å². The molecule has 0 aromatic heterocycles. The number of aryl methyl sites for hydroxylation is 1. The zero-order valence-corrected chi connectivity index (χ0v) is 25.7. The Kier molecular flexibility index (Phi) is 10.2. The van der Waals surface area contributed by atoms with Crippen LogP contribution in [0.1, 0.15) is 66.8 Å². The van der Waals surface area contributed by atoms with Crippen LogP contribution in [0.3, 0.4) is 0 Å². The van der Waals surface area contributed by atoms with E-state index in [9.17, 15) is 0 Å². The number of halogens is 2. The number of rotatable bonds is 7. The monoisotopic (exact) mass is 599 g/mol. The maximum absolute atomic E-state index is 8.58. The number of benzene rings is 4. The molecule has 4 nitrogen and oxygen atoms in total. The van der Waals surface area contributed by atoms with Gasteiger partial charge in [0.25, 0.3) is 0 Å². The molecular weight excluding hydrogens is 561 g/mol. The van der Waals surface area contributed by atoms with E-state index in [1.165, 1.54) is 59.1 Å². The number of nitrogens with two attached hydrogens (primary N) is 1. The molecule has 1 aliphatic heterocycles. The van der Waals surface area contributed by atoms with Crippen molar-refractivity contribution in [1.82, 2.24) is 4.90 Å². The van der Waals surface area contributed by atoms with Gasteiger partial charge in [0.05, 0.1) is 28.4 Å². The summed E-state index contributed by atoms with van der Waals surface area (Å²) in [6.07, 6.45) is 6.61. The topological polar surface area (TPSA) is 49.6 Å². The largest absolute Gasteiger partial charge is 0.372 e. The van der Waals surface area contributed by atoms with E-state index in [0.29, 0.717) is 16.0 Å². The van der Waals surface area contributed by atoms with E-state index < -0.39 is 0 Å². The molecule has 2 fully saturated rings. The van der Waals surface area contributed by atoms with Crippen LogP contribution in [0.5, 0.6) is 0 Å². The molecule has 1 saturated carbocycles. The van der Waals surface area contributed by atoms with Crippen molar-refractivity contribution >= 4 is 35.3 Å². The first-order chi connectivity index (χ1) is 20.5. The number of hydrogen-bond acceptors (Lipinski definition) is 3. The highest BCUT2D eigenvalue weighted by atomic mass is 35.5. The first-order valence-electron chi connectivity index (χ1n) is 14.9. The van der Waals surface area contributed by atoms with Crippen LogP contribution in [0, 0.1) is 0 Å². The molecule has 4 aromatic rings. The summed E-state index contributed by atoms with van der Waals surface area (Å²) in [7, 11) is 0. The number of carbonyl (C=O) groups excluding carboxylic acids is 1. The Bertz CT molecular complexity index is 1480. The minimum Gasteiger partial charge on any atom is -0.372 e. The maximum atomic E-state index is 8.58. The van der Waals surface area contributed by atoms with Gasteiger partial charge >= 0.3 is 0 Å². The second-order valence-electron chi connectivity index (χ2n) is 11.2. The summed E-state index contributed by atoms with van der Waals surface area (Å²) < 4.78 is 0. The lowest BCUT2D eigenvalue weighted by molar-refractivity contribution is -0.106. The number of hydrogen-bond donors (Lipinski definition) is 1. The number of nitrogens with zero attached hydrogens (tertiary/aromatic N) is 2. The van der Waals surface area contributed by atoms with Crippen LogP contribution >= 0.6 is 23.2 Å². The van der Waals surface area contributed by atoms with Crippen molar-refractivity contribution in [3.05, 3.63) is 123 Å². The molecule has 42 heavy (non-hydrogen) atoms. The zero-order valence-electron chi connectivity index (χ0n) is 24.2. The van der Waals surface area contributed by atoms with Gasteiger partial charge in [0, 0.05) is 13.1 Å². The van der Waals surface area contributed by atoms with Gasteiger partial charge in [-0.1, -0.05) is 116 Å². The van der Waals surface area contributed by atoms with Gasteiger partial charge in [0.15, 0.2) is 0 Å². The van der Waals surface area contributed by atoms with Crippen molar-refractivity contribution in [3.63, 3.8) is 0 Å². The highest BCUT2D eigenvalue weighted by Crippen LogP contribution is 2.40.